The van der Waals surface area contributed by atoms with Crippen molar-refractivity contribution in [2.24, 2.45) is 0 Å². The lowest BCUT2D eigenvalue weighted by Gasteiger charge is -2.28. The normalized spacial score (nSPS) is 12.0. The van der Waals surface area contributed by atoms with Crippen LogP contribution in [0.25, 0.3) is 0 Å². The second-order valence-electron chi connectivity index (χ2n) is 19.8. The maximum atomic E-state index is 8.52. The van der Waals surface area contributed by atoms with Crippen molar-refractivity contribution in [1.82, 2.24) is 0 Å². The van der Waals surface area contributed by atoms with Crippen molar-refractivity contribution in [1.29, 1.82) is 0 Å². The average Bonchev–Trinajstić information content (AvgIpc) is 3.19. The smallest absolute Gasteiger partial charge is 0.0782 e. The number of unbranched alkanes of at least 4 members (excludes halogenated alkanes) is 38. The summed E-state index contributed by atoms with van der Waals surface area (Å²) in [4.78, 5) is 0. The summed E-state index contributed by atoms with van der Waals surface area (Å²) in [5, 5.41) is 0. The molecule has 7 heteroatoms. The van der Waals surface area contributed by atoms with Crippen LogP contribution in [0.1, 0.15) is 285 Å². The van der Waals surface area contributed by atoms with Gasteiger partial charge in [-0.2, -0.15) is 0 Å². The Kier molecular flexibility index (Phi) is 52.2. The van der Waals surface area contributed by atoms with Crippen LogP contribution in [0.4, 0.5) is 0 Å². The van der Waals surface area contributed by atoms with E-state index in [1.807, 2.05) is 0 Å². The van der Waals surface area contributed by atoms with E-state index >= 15 is 0 Å². The van der Waals surface area contributed by atoms with Gasteiger partial charge in [0.1, 0.15) is 0 Å². The molecular formula is C52H112N2O4S. The molecule has 0 saturated carbocycles. The lowest BCUT2D eigenvalue weighted by atomic mass is 10.0. The van der Waals surface area contributed by atoms with Gasteiger partial charge in [-0.25, -0.2) is 0 Å². The highest BCUT2D eigenvalue weighted by molar-refractivity contribution is 7.79. The van der Waals surface area contributed by atoms with E-state index in [-0.39, 0.29) is 0 Å². The largest absolute Gasteiger partial charge is 0.759 e. The Hall–Kier alpha value is -0.210. The zero-order valence-electron chi connectivity index (χ0n) is 42.0. The molecule has 0 aromatic heterocycles. The Morgan fingerprint density at radius 1 is 0.271 bits per heavy atom. The van der Waals surface area contributed by atoms with Gasteiger partial charge in [-0.05, 0) is 39.5 Å². The van der Waals surface area contributed by atoms with Crippen molar-refractivity contribution in [2.45, 2.75) is 285 Å². The molecule has 6 nitrogen and oxygen atoms in total. The SMILES string of the molecule is CCCCCCCCCCCCCCCCCCCCCC[N+](C)(C)CC.CCCCCCCCCCCCCCCCCCCCCC[N+](C)(C)CC.O=S(=O)([O-])[O-]. The standard InChI is InChI=1S/2C26H56N.H2O4S/c2*1-5-7-8-9-10-11-12-13-14-15-16-17-18-19-20-21-22-23-24-25-26-27(3,4)6-2;1-5(2,3)4/h2*5-26H2,1-4H3;(H2,1,2,3,4)/q2*+1;/p-2. The zero-order valence-corrected chi connectivity index (χ0v) is 42.9. The van der Waals surface area contributed by atoms with Crippen LogP contribution >= 0.6 is 0 Å². The highest BCUT2D eigenvalue weighted by Gasteiger charge is 2.11. The van der Waals surface area contributed by atoms with Gasteiger partial charge < -0.3 is 18.1 Å². The van der Waals surface area contributed by atoms with Crippen LogP contribution in [0.3, 0.4) is 0 Å². The fraction of sp³-hybridized carbons (Fsp3) is 1.00. The molecule has 0 aliphatic carbocycles. The number of hydrogen-bond acceptors (Lipinski definition) is 4. The van der Waals surface area contributed by atoms with E-state index in [1.54, 1.807) is 0 Å². The first-order valence-corrected chi connectivity index (χ1v) is 27.9. The van der Waals surface area contributed by atoms with Crippen molar-refractivity contribution >= 4 is 10.4 Å². The Morgan fingerprint density at radius 3 is 0.508 bits per heavy atom. The van der Waals surface area contributed by atoms with E-state index in [1.165, 1.54) is 292 Å². The molecule has 0 fully saturated rings. The van der Waals surface area contributed by atoms with Crippen LogP contribution in [0.2, 0.25) is 0 Å². The summed E-state index contributed by atoms with van der Waals surface area (Å²) in [6, 6.07) is 0. The molecule has 0 N–H and O–H groups in total. The summed E-state index contributed by atoms with van der Waals surface area (Å²) >= 11 is 0. The quantitative estimate of drug-likeness (QED) is 0.0264. The first-order valence-electron chi connectivity index (χ1n) is 26.5. The van der Waals surface area contributed by atoms with Crippen molar-refractivity contribution in [2.75, 3.05) is 54.4 Å². The van der Waals surface area contributed by atoms with Gasteiger partial charge in [-0.1, -0.05) is 245 Å². The molecule has 0 bridgehead atoms. The molecule has 0 radical (unpaired) electrons. The minimum absolute atomic E-state index is 1.19. The van der Waals surface area contributed by atoms with Crippen LogP contribution < -0.4 is 0 Å². The predicted molar refractivity (Wildman–Crippen MR) is 262 cm³/mol. The lowest BCUT2D eigenvalue weighted by Crippen LogP contribution is -2.39. The van der Waals surface area contributed by atoms with Crippen LogP contribution in [-0.4, -0.2) is 80.9 Å². The van der Waals surface area contributed by atoms with E-state index < -0.39 is 10.4 Å². The van der Waals surface area contributed by atoms with Crippen molar-refractivity contribution in [3.63, 3.8) is 0 Å². The van der Waals surface area contributed by atoms with Crippen molar-refractivity contribution in [3.05, 3.63) is 0 Å². The Bertz CT molecular complexity index is 816. The third-order valence-electron chi connectivity index (χ3n) is 12.9. The predicted octanol–water partition coefficient (Wildman–Crippen LogP) is 16.5. The van der Waals surface area contributed by atoms with E-state index in [0.29, 0.717) is 0 Å². The number of nitrogens with zero attached hydrogens (tertiary/aromatic N) is 2. The highest BCUT2D eigenvalue weighted by atomic mass is 32.3. The molecule has 59 heavy (non-hydrogen) atoms. The second-order valence-corrected chi connectivity index (χ2v) is 20.6. The van der Waals surface area contributed by atoms with Crippen LogP contribution in [0.15, 0.2) is 0 Å². The molecule has 0 amide bonds. The van der Waals surface area contributed by atoms with Crippen LogP contribution in [0.5, 0.6) is 0 Å². The monoisotopic (exact) mass is 861 g/mol. The lowest BCUT2D eigenvalue weighted by molar-refractivity contribution is -0.888. The van der Waals surface area contributed by atoms with Crippen molar-refractivity contribution < 1.29 is 26.5 Å². The first kappa shape index (κ1) is 63.1. The summed E-state index contributed by atoms with van der Waals surface area (Å²) in [5.41, 5.74) is 0. The number of hydrogen-bond donors (Lipinski definition) is 0. The van der Waals surface area contributed by atoms with Crippen molar-refractivity contribution in [3.8, 4) is 0 Å². The molecule has 0 saturated heterocycles. The maximum Gasteiger partial charge on any atom is 0.0782 e. The zero-order chi connectivity index (χ0) is 44.6. The van der Waals surface area contributed by atoms with Gasteiger partial charge in [-0.3, -0.25) is 8.42 Å². The van der Waals surface area contributed by atoms with E-state index in [0.717, 1.165) is 0 Å². The molecule has 0 aliphatic rings. The Morgan fingerprint density at radius 2 is 0.390 bits per heavy atom. The summed E-state index contributed by atoms with van der Waals surface area (Å²) in [7, 11) is 4.26. The molecule has 0 aliphatic heterocycles. The van der Waals surface area contributed by atoms with Crippen LogP contribution in [0, 0.1) is 0 Å². The first-order chi connectivity index (χ1) is 28.2. The van der Waals surface area contributed by atoms with Gasteiger partial charge in [0.25, 0.3) is 0 Å². The molecular weight excluding hydrogens is 749 g/mol. The second kappa shape index (κ2) is 48.8. The van der Waals surface area contributed by atoms with Gasteiger partial charge in [0.15, 0.2) is 0 Å². The molecule has 0 aromatic carbocycles. The highest BCUT2D eigenvalue weighted by Crippen LogP contribution is 2.17. The third-order valence-corrected chi connectivity index (χ3v) is 12.9. The molecule has 0 aromatic rings. The fourth-order valence-corrected chi connectivity index (χ4v) is 7.91. The Labute approximate surface area is 374 Å². The summed E-state index contributed by atoms with van der Waals surface area (Å²) < 4.78 is 36.5. The number of quaternary nitrogens is 2. The van der Waals surface area contributed by atoms with Crippen LogP contribution in [-0.2, 0) is 10.4 Å². The molecule has 360 valence electrons. The molecule has 0 unspecified atom stereocenters. The van der Waals surface area contributed by atoms with Gasteiger partial charge in [-0.15, -0.1) is 0 Å². The topological polar surface area (TPSA) is 80.3 Å². The average molecular weight is 862 g/mol. The van der Waals surface area contributed by atoms with Gasteiger partial charge in [0.2, 0.25) is 0 Å². The maximum absolute atomic E-state index is 8.52. The van der Waals surface area contributed by atoms with Gasteiger partial charge in [0, 0.05) is 10.4 Å². The molecule has 0 atom stereocenters. The molecule has 0 rings (SSSR count). The summed E-state index contributed by atoms with van der Waals surface area (Å²) in [5.74, 6) is 0. The minimum atomic E-state index is -5.17. The van der Waals surface area contributed by atoms with E-state index in [9.17, 15) is 0 Å². The minimum Gasteiger partial charge on any atom is -0.759 e. The summed E-state index contributed by atoms with van der Waals surface area (Å²) in [6.45, 7) is 14.4. The Balaban J connectivity index is -0.000000951. The third kappa shape index (κ3) is 67.1. The molecule has 0 spiro atoms. The number of rotatable bonds is 44. The van der Waals surface area contributed by atoms with E-state index in [2.05, 4.69) is 55.9 Å². The fourth-order valence-electron chi connectivity index (χ4n) is 7.91. The van der Waals surface area contributed by atoms with Gasteiger partial charge in [0.05, 0.1) is 54.4 Å². The van der Waals surface area contributed by atoms with Gasteiger partial charge >= 0.3 is 0 Å². The summed E-state index contributed by atoms with van der Waals surface area (Å²) in [6.07, 6.45) is 58.7. The molecule has 0 heterocycles. The van der Waals surface area contributed by atoms with E-state index in [4.69, 9.17) is 17.5 Å².